The summed E-state index contributed by atoms with van der Waals surface area (Å²) in [5.41, 5.74) is 1.22. The number of halogens is 4. The third-order valence-corrected chi connectivity index (χ3v) is 7.49. The quantitative estimate of drug-likeness (QED) is 0.513. The van der Waals surface area contributed by atoms with Crippen LogP contribution in [0.25, 0.3) is 5.69 Å². The van der Waals surface area contributed by atoms with E-state index in [1.54, 1.807) is 4.90 Å². The van der Waals surface area contributed by atoms with Crippen molar-refractivity contribution in [2.75, 3.05) is 31.2 Å². The lowest BCUT2D eigenvalue weighted by molar-refractivity contribution is -0.141. The first-order chi connectivity index (χ1) is 17.4. The molecule has 3 aliphatic heterocycles. The van der Waals surface area contributed by atoms with E-state index >= 15 is 0 Å². The van der Waals surface area contributed by atoms with Gasteiger partial charge in [-0.25, -0.2) is 9.97 Å². The average Bonchev–Trinajstić information content (AvgIpc) is 3.52. The largest absolute Gasteiger partial charge is 0.433 e. The van der Waals surface area contributed by atoms with Crippen LogP contribution in [0.4, 0.5) is 19.1 Å². The van der Waals surface area contributed by atoms with Crippen LogP contribution in [0, 0.1) is 0 Å². The minimum Gasteiger partial charge on any atom is -0.380 e. The zero-order chi connectivity index (χ0) is 24.9. The lowest BCUT2D eigenvalue weighted by Crippen LogP contribution is -2.35. The monoisotopic (exact) mass is 519 g/mol. The Labute approximate surface area is 211 Å². The molecule has 12 heteroatoms. The molecular weight excluding hydrogens is 495 g/mol. The Morgan fingerprint density at radius 3 is 2.61 bits per heavy atom. The van der Waals surface area contributed by atoms with Gasteiger partial charge in [0.25, 0.3) is 0 Å². The van der Waals surface area contributed by atoms with E-state index in [2.05, 4.69) is 29.6 Å². The molecule has 2 fully saturated rings. The summed E-state index contributed by atoms with van der Waals surface area (Å²) in [4.78, 5) is 12.0. The Morgan fingerprint density at radius 1 is 1.03 bits per heavy atom. The van der Waals surface area contributed by atoms with Crippen LogP contribution in [0.15, 0.2) is 30.5 Å². The van der Waals surface area contributed by atoms with Crippen LogP contribution in [0.5, 0.6) is 0 Å². The van der Waals surface area contributed by atoms with Crippen molar-refractivity contribution in [3.63, 3.8) is 0 Å². The zero-order valence-corrected chi connectivity index (χ0v) is 20.2. The summed E-state index contributed by atoms with van der Waals surface area (Å²) in [5.74, 6) is 1.97. The Bertz CT molecular complexity index is 1250. The maximum absolute atomic E-state index is 13.1. The van der Waals surface area contributed by atoms with Gasteiger partial charge in [0, 0.05) is 49.4 Å². The number of piperidine rings is 1. The van der Waals surface area contributed by atoms with Gasteiger partial charge in [-0.2, -0.15) is 13.2 Å². The first-order valence-corrected chi connectivity index (χ1v) is 12.4. The van der Waals surface area contributed by atoms with Crippen molar-refractivity contribution in [1.29, 1.82) is 0 Å². The third-order valence-electron chi connectivity index (χ3n) is 7.25. The van der Waals surface area contributed by atoms with E-state index in [1.807, 2.05) is 18.2 Å². The molecule has 36 heavy (non-hydrogen) atoms. The number of anilines is 1. The Balaban J connectivity index is 1.27. The van der Waals surface area contributed by atoms with Gasteiger partial charge in [-0.05, 0) is 49.1 Å². The number of benzene rings is 1. The van der Waals surface area contributed by atoms with Crippen molar-refractivity contribution in [3.8, 4) is 5.69 Å². The van der Waals surface area contributed by atoms with Gasteiger partial charge in [-0.3, -0.25) is 9.47 Å². The lowest BCUT2D eigenvalue weighted by atomic mass is 9.95. The summed E-state index contributed by atoms with van der Waals surface area (Å²) in [6.07, 6.45) is -0.933. The third kappa shape index (κ3) is 4.44. The SMILES string of the molecule is FC(F)(F)c1ccnc(N2CCC(c3nnc4n3-c3ccc(Cl)cc3CN([C@H]3CCOC3)C4)CC2)n1. The molecule has 0 unspecified atom stereocenters. The molecule has 6 rings (SSSR count). The summed E-state index contributed by atoms with van der Waals surface area (Å²) in [6, 6.07) is 7.13. The second kappa shape index (κ2) is 9.28. The summed E-state index contributed by atoms with van der Waals surface area (Å²) < 4.78 is 47.1. The minimum atomic E-state index is -4.50. The number of hydrogen-bond donors (Lipinski definition) is 0. The maximum atomic E-state index is 13.1. The highest BCUT2D eigenvalue weighted by Gasteiger charge is 2.35. The Morgan fingerprint density at radius 2 is 1.86 bits per heavy atom. The van der Waals surface area contributed by atoms with Gasteiger partial charge < -0.3 is 9.64 Å². The van der Waals surface area contributed by atoms with Crippen molar-refractivity contribution < 1.29 is 17.9 Å². The van der Waals surface area contributed by atoms with Crippen LogP contribution in [0.2, 0.25) is 5.02 Å². The highest BCUT2D eigenvalue weighted by molar-refractivity contribution is 6.30. The second-order valence-electron chi connectivity index (χ2n) is 9.51. The molecule has 0 saturated carbocycles. The molecule has 2 saturated heterocycles. The number of fused-ring (bicyclic) bond motifs is 3. The first kappa shape index (κ1) is 23.6. The summed E-state index contributed by atoms with van der Waals surface area (Å²) in [7, 11) is 0. The van der Waals surface area contributed by atoms with Gasteiger partial charge in [-0.1, -0.05) is 11.6 Å². The fraction of sp³-hybridized carbons (Fsp3) is 0.500. The first-order valence-electron chi connectivity index (χ1n) is 12.1. The van der Waals surface area contributed by atoms with Crippen LogP contribution >= 0.6 is 11.6 Å². The van der Waals surface area contributed by atoms with Crippen molar-refractivity contribution in [3.05, 3.63) is 58.4 Å². The van der Waals surface area contributed by atoms with E-state index in [0.717, 1.165) is 48.5 Å². The molecule has 0 amide bonds. The van der Waals surface area contributed by atoms with Crippen molar-refractivity contribution >= 4 is 17.5 Å². The van der Waals surface area contributed by atoms with Gasteiger partial charge in [0.15, 0.2) is 5.82 Å². The van der Waals surface area contributed by atoms with Crippen LogP contribution in [0.1, 0.15) is 48.1 Å². The highest BCUT2D eigenvalue weighted by Crippen LogP contribution is 2.35. The number of ether oxygens (including phenoxy) is 1. The molecule has 0 bridgehead atoms. The molecule has 0 aliphatic carbocycles. The number of rotatable bonds is 3. The number of nitrogens with zero attached hydrogens (tertiary/aromatic N) is 7. The topological polar surface area (TPSA) is 72.2 Å². The molecule has 0 radical (unpaired) electrons. The van der Waals surface area contributed by atoms with E-state index < -0.39 is 11.9 Å². The molecule has 2 aromatic heterocycles. The molecule has 190 valence electrons. The molecule has 0 N–H and O–H groups in total. The predicted molar refractivity (Wildman–Crippen MR) is 126 cm³/mol. The van der Waals surface area contributed by atoms with Gasteiger partial charge in [0.1, 0.15) is 11.5 Å². The summed E-state index contributed by atoms with van der Waals surface area (Å²) >= 11 is 6.37. The summed E-state index contributed by atoms with van der Waals surface area (Å²) in [6.45, 7) is 3.94. The van der Waals surface area contributed by atoms with E-state index in [1.165, 1.54) is 6.20 Å². The van der Waals surface area contributed by atoms with E-state index in [4.69, 9.17) is 16.3 Å². The predicted octanol–water partition coefficient (Wildman–Crippen LogP) is 4.22. The molecule has 1 atom stereocenters. The highest BCUT2D eigenvalue weighted by atomic mass is 35.5. The van der Waals surface area contributed by atoms with Crippen molar-refractivity contribution in [2.24, 2.45) is 0 Å². The van der Waals surface area contributed by atoms with Crippen molar-refractivity contribution in [2.45, 2.75) is 50.5 Å². The lowest BCUT2D eigenvalue weighted by Gasteiger charge is -2.32. The van der Waals surface area contributed by atoms with Gasteiger partial charge in [0.2, 0.25) is 5.95 Å². The van der Waals surface area contributed by atoms with Crippen LogP contribution in [0.3, 0.4) is 0 Å². The number of aromatic nitrogens is 5. The van der Waals surface area contributed by atoms with Crippen LogP contribution < -0.4 is 4.90 Å². The molecule has 8 nitrogen and oxygen atoms in total. The minimum absolute atomic E-state index is 0.109. The zero-order valence-electron chi connectivity index (χ0n) is 19.5. The Hall–Kier alpha value is -2.76. The van der Waals surface area contributed by atoms with E-state index in [-0.39, 0.29) is 11.9 Å². The van der Waals surface area contributed by atoms with Gasteiger partial charge >= 0.3 is 6.18 Å². The number of hydrogen-bond acceptors (Lipinski definition) is 7. The molecular formula is C24H25ClF3N7O. The van der Waals surface area contributed by atoms with Gasteiger partial charge in [0.05, 0.1) is 18.8 Å². The molecule has 1 aromatic carbocycles. The van der Waals surface area contributed by atoms with Crippen LogP contribution in [-0.4, -0.2) is 62.0 Å². The molecule has 3 aromatic rings. The van der Waals surface area contributed by atoms with Crippen molar-refractivity contribution in [1.82, 2.24) is 29.6 Å². The Kier molecular flexibility index (Phi) is 6.09. The molecule has 5 heterocycles. The molecule has 3 aliphatic rings. The smallest absolute Gasteiger partial charge is 0.380 e. The summed E-state index contributed by atoms with van der Waals surface area (Å²) in [5, 5.41) is 9.88. The fourth-order valence-electron chi connectivity index (χ4n) is 5.38. The van der Waals surface area contributed by atoms with E-state index in [0.29, 0.717) is 50.1 Å². The van der Waals surface area contributed by atoms with Gasteiger partial charge in [-0.15, -0.1) is 10.2 Å². The standard InChI is InChI=1S/C24H25ClF3N7O/c25-17-1-2-19-16(11-17)12-34(18-6-10-36-14-18)13-21-31-32-22(35(19)21)15-4-8-33(9-5-15)23-29-7-3-20(30-23)24(26,27)28/h1-3,7,11,15,18H,4-6,8-10,12-14H2/t18-/m0/s1. The second-order valence-corrected chi connectivity index (χ2v) is 9.94. The van der Waals surface area contributed by atoms with E-state index in [9.17, 15) is 13.2 Å². The number of alkyl halides is 3. The normalized spacial score (nSPS) is 21.3. The maximum Gasteiger partial charge on any atom is 0.433 e. The molecule has 0 spiro atoms. The van der Waals surface area contributed by atoms with Crippen LogP contribution in [-0.2, 0) is 24.0 Å². The average molecular weight is 520 g/mol. The fourth-order valence-corrected chi connectivity index (χ4v) is 5.57.